The molecular weight excluding hydrogens is 1430 g/mol. The predicted octanol–water partition coefficient (Wildman–Crippen LogP) is 5.42. The number of aromatic carboxylic acids is 1. The fourth-order valence-corrected chi connectivity index (χ4v) is 18.7. The van der Waals surface area contributed by atoms with Gasteiger partial charge in [0.15, 0.2) is 16.9 Å². The second kappa shape index (κ2) is 30.6. The molecule has 4 saturated carbocycles. The van der Waals surface area contributed by atoms with Gasteiger partial charge in [0, 0.05) is 72.9 Å². The first-order valence-electron chi connectivity index (χ1n) is 35.4. The number of aryl methyl sites for hydroxylation is 1. The lowest BCUT2D eigenvalue weighted by Gasteiger charge is -2.69. The van der Waals surface area contributed by atoms with Gasteiger partial charge in [0.2, 0.25) is 17.7 Å². The quantitative estimate of drug-likeness (QED) is 0.0217. The maximum absolute atomic E-state index is 14.3. The van der Waals surface area contributed by atoms with E-state index in [0.717, 1.165) is 63.4 Å². The average molecular weight is 1510 g/mol. The molecule has 570 valence electrons. The Bertz CT molecular complexity index is 4610. The Morgan fingerprint density at radius 2 is 1.53 bits per heavy atom. The molecule has 3 aliphatic heterocycles. The summed E-state index contributed by atoms with van der Waals surface area (Å²) in [6, 6.07) is 18.8. The van der Waals surface area contributed by atoms with Crippen LogP contribution in [0.15, 0.2) is 91.1 Å². The Hall–Kier alpha value is -9.61. The minimum absolute atomic E-state index is 0.0753. The second-order valence-electron chi connectivity index (χ2n) is 30.3. The number of para-hydroxylation sites is 1. The lowest BCUT2D eigenvalue weighted by molar-refractivity contribution is -0.248. The van der Waals surface area contributed by atoms with Crippen molar-refractivity contribution in [3.05, 3.63) is 130 Å². The molecule has 0 spiro atoms. The van der Waals surface area contributed by atoms with Crippen molar-refractivity contribution in [1.29, 1.82) is 0 Å². The van der Waals surface area contributed by atoms with E-state index in [-0.39, 0.29) is 59.5 Å². The smallest absolute Gasteiger partial charge is 0.410 e. The van der Waals surface area contributed by atoms with Crippen LogP contribution in [-0.2, 0) is 85.6 Å². The van der Waals surface area contributed by atoms with Gasteiger partial charge in [-0.1, -0.05) is 69.4 Å². The molecule has 0 radical (unpaired) electrons. The summed E-state index contributed by atoms with van der Waals surface area (Å²) in [6.45, 7) is 10.4. The van der Waals surface area contributed by atoms with Gasteiger partial charge in [0.25, 0.3) is 27.8 Å². The van der Waals surface area contributed by atoms with Crippen LogP contribution in [0.4, 0.5) is 21.4 Å². The van der Waals surface area contributed by atoms with E-state index in [9.17, 15) is 81.7 Å². The van der Waals surface area contributed by atoms with Gasteiger partial charge in [-0.3, -0.25) is 48.2 Å². The summed E-state index contributed by atoms with van der Waals surface area (Å²) >= 11 is 1.38. The first-order valence-corrected chi connectivity index (χ1v) is 37.8. The number of carbonyl (C=O) groups is 9. The zero-order valence-electron chi connectivity index (χ0n) is 59.9. The van der Waals surface area contributed by atoms with Crippen LogP contribution in [0, 0.1) is 29.1 Å². The molecular formula is C74H87N11O20S2. The summed E-state index contributed by atoms with van der Waals surface area (Å²) in [5.74, 6) is -7.78. The van der Waals surface area contributed by atoms with Crippen molar-refractivity contribution in [3.63, 3.8) is 0 Å². The molecule has 7 aliphatic rings. The Morgan fingerprint density at radius 3 is 2.22 bits per heavy atom. The third-order valence-corrected chi connectivity index (χ3v) is 23.0. The highest BCUT2D eigenvalue weighted by Crippen LogP contribution is 2.72. The number of imide groups is 1. The monoisotopic (exact) mass is 1510 g/mol. The van der Waals surface area contributed by atoms with Gasteiger partial charge in [-0.2, -0.15) is 13.5 Å². The number of benzene rings is 3. The molecule has 13 rings (SSSR count). The molecule has 7 amide bonds. The van der Waals surface area contributed by atoms with Crippen LogP contribution in [-0.4, -0.2) is 208 Å². The number of hydrogen-bond acceptors (Lipinski definition) is 22. The van der Waals surface area contributed by atoms with Crippen LogP contribution in [0.2, 0.25) is 0 Å². The SMILES string of the molecule is Cc1c(-c2ccc(N3CCc4cccc(C(=O)Nc5nc6ccccc6s5)c4C3)nc2C(=O)O)cnn1CC12CC3(C)CC(C)(C1)CC(OCCN(CCS(=O)(=O)O)C(=O)OCc1ccc(NC(=O)[C@H](C)NC(=O)[C@@H](NC(=O)CN4C(=O)C=CC4=O)C(C)C)cc1CC[C@@H]1O[C@H](C(=O)O)[C@H](O)[C@@H](O)[C@H]1O)(C3)C2. The number of pyridine rings is 1. The number of aliphatic carboxylic acids is 1. The Morgan fingerprint density at radius 1 is 0.804 bits per heavy atom. The largest absolute Gasteiger partial charge is 0.479 e. The normalized spacial score (nSPS) is 25.0. The molecule has 2 unspecified atom stereocenters. The summed E-state index contributed by atoms with van der Waals surface area (Å²) in [4.78, 5) is 131. The van der Waals surface area contributed by atoms with Crippen molar-refractivity contribution in [3.8, 4) is 11.1 Å². The molecule has 31 nitrogen and oxygen atoms in total. The molecule has 6 aromatic rings. The molecule has 4 bridgehead atoms. The van der Waals surface area contributed by atoms with Gasteiger partial charge < -0.3 is 65.5 Å². The molecule has 10 N–H and O–H groups in total. The van der Waals surface area contributed by atoms with Gasteiger partial charge in [0.05, 0.1) is 40.5 Å². The van der Waals surface area contributed by atoms with Crippen LogP contribution in [0.25, 0.3) is 21.3 Å². The van der Waals surface area contributed by atoms with Crippen LogP contribution in [0.3, 0.4) is 0 Å². The van der Waals surface area contributed by atoms with E-state index in [1.807, 2.05) is 52.9 Å². The van der Waals surface area contributed by atoms with Crippen molar-refractivity contribution < 1.29 is 95.9 Å². The number of amides is 7. The standard InChI is InChI=1S/C74H87N11O20S2/c1-40(2)58(80-55(86)31-84-56(87)20-21-57(84)88)66(94)76-41(3)64(92)77-46-16-14-45(44(28-46)15-18-52-60(89)61(90)62(91)63(105-52)68(97)98)32-103-70(99)82(25-27-107(100,101)102)24-26-104-74-36-71(5)33-72(6,37-74)35-73(34-71,38-74)39-85-42(4)49(29-75-85)47-17-19-54(79-59(47)67(95)96)83-23-22-43-10-9-11-48(50(43)30-83)65(93)81-69-78-51-12-7-8-13-53(51)106-69/h7-14,16-17,19-21,28-29,40-41,52,58,60-63,89-91H,15,18,22-27,30-39H2,1-6H3,(H,76,94)(H,77,92)(H,80,86)(H,95,96)(H,97,98)(H,78,81,93)(H,100,101,102)/t41-,52-,58-,60-,61-,62+,63-,71?,72?,73?,74?/m0/s1. The fourth-order valence-electron chi connectivity index (χ4n) is 17.4. The zero-order valence-corrected chi connectivity index (χ0v) is 61.5. The van der Waals surface area contributed by atoms with Crippen molar-refractivity contribution >= 4 is 102 Å². The van der Waals surface area contributed by atoms with Crippen LogP contribution in [0.1, 0.15) is 128 Å². The number of rotatable bonds is 28. The minimum Gasteiger partial charge on any atom is -0.479 e. The third kappa shape index (κ3) is 17.1. The zero-order chi connectivity index (χ0) is 76.8. The van der Waals surface area contributed by atoms with E-state index in [0.29, 0.717) is 89.0 Å². The maximum Gasteiger partial charge on any atom is 0.410 e. The summed E-state index contributed by atoms with van der Waals surface area (Å²) in [5.41, 5.74) is 3.98. The topological polar surface area (TPSA) is 438 Å². The average Bonchev–Trinajstić information content (AvgIpc) is 0.845. The Balaban J connectivity index is 0.716. The number of carboxylic acids is 2. The van der Waals surface area contributed by atoms with E-state index in [2.05, 4.69) is 40.1 Å². The highest BCUT2D eigenvalue weighted by Gasteiger charge is 2.66. The lowest BCUT2D eigenvalue weighted by Crippen LogP contribution is -2.64. The number of hydrogen-bond donors (Lipinski definition) is 10. The first kappa shape index (κ1) is 77.0. The Kier molecular flexibility index (Phi) is 22.0. The lowest BCUT2D eigenvalue weighted by atomic mass is 9.39. The second-order valence-corrected chi connectivity index (χ2v) is 32.9. The van der Waals surface area contributed by atoms with Gasteiger partial charge in [0.1, 0.15) is 49.4 Å². The maximum atomic E-state index is 14.3. The van der Waals surface area contributed by atoms with Crippen molar-refractivity contribution in [2.75, 3.05) is 54.1 Å². The summed E-state index contributed by atoms with van der Waals surface area (Å²) in [7, 11) is -4.63. The van der Waals surface area contributed by atoms with E-state index < -0.39 is 137 Å². The fraction of sp³-hybridized carbons (Fsp3) is 0.486. The van der Waals surface area contributed by atoms with Gasteiger partial charge in [-0.15, -0.1) is 0 Å². The molecule has 1 saturated heterocycles. The first-order chi connectivity index (χ1) is 50.6. The summed E-state index contributed by atoms with van der Waals surface area (Å²) in [6.07, 6.45) is -1.34. The molecule has 9 atom stereocenters. The van der Waals surface area contributed by atoms with Gasteiger partial charge in [-0.05, 0) is 159 Å². The number of carboxylic acid groups (broad SMARTS) is 2. The van der Waals surface area contributed by atoms with Crippen LogP contribution in [0.5, 0.6) is 0 Å². The summed E-state index contributed by atoms with van der Waals surface area (Å²) in [5, 5.41) is 68.7. The number of fused-ring (bicyclic) bond motifs is 2. The minimum atomic E-state index is -4.63. The summed E-state index contributed by atoms with van der Waals surface area (Å²) < 4.78 is 55.8. The number of nitrogens with one attached hydrogen (secondary N) is 4. The number of aliphatic hydroxyl groups is 3. The Labute approximate surface area is 619 Å². The van der Waals surface area contributed by atoms with Crippen molar-refractivity contribution in [1.82, 2.24) is 40.2 Å². The highest BCUT2D eigenvalue weighted by atomic mass is 32.2. The molecule has 5 fully saturated rings. The number of anilines is 3. The molecule has 33 heteroatoms. The van der Waals surface area contributed by atoms with Crippen LogP contribution < -0.4 is 26.2 Å². The molecule has 107 heavy (non-hydrogen) atoms. The van der Waals surface area contributed by atoms with Crippen molar-refractivity contribution in [2.45, 2.75) is 167 Å². The number of aliphatic hydroxyl groups excluding tert-OH is 3. The number of nitrogens with zero attached hydrogens (tertiary/aromatic N) is 7. The van der Waals surface area contributed by atoms with Crippen LogP contribution >= 0.6 is 11.3 Å². The van der Waals surface area contributed by atoms with E-state index >= 15 is 0 Å². The molecule has 6 heterocycles. The van der Waals surface area contributed by atoms with E-state index in [1.165, 1.54) is 36.5 Å². The van der Waals surface area contributed by atoms with Gasteiger partial charge in [-0.25, -0.2) is 24.4 Å². The number of carbonyl (C=O) groups excluding carboxylic acids is 7. The molecule has 3 aromatic carbocycles. The van der Waals surface area contributed by atoms with Crippen molar-refractivity contribution in [2.24, 2.45) is 22.2 Å². The highest BCUT2D eigenvalue weighted by molar-refractivity contribution is 7.85. The van der Waals surface area contributed by atoms with E-state index in [1.54, 1.807) is 38.2 Å². The number of aromatic nitrogens is 4. The predicted molar refractivity (Wildman–Crippen MR) is 387 cm³/mol. The third-order valence-electron chi connectivity index (χ3n) is 21.3. The van der Waals surface area contributed by atoms with Gasteiger partial charge >= 0.3 is 18.0 Å². The number of ether oxygens (including phenoxy) is 3. The number of thiazole rings is 1. The molecule has 3 aromatic heterocycles. The van der Waals surface area contributed by atoms with E-state index in [4.69, 9.17) is 24.3 Å². The molecule has 4 aliphatic carbocycles.